The summed E-state index contributed by atoms with van der Waals surface area (Å²) in [5, 5.41) is 1.40. The molecular formula is C18H19N. The predicted octanol–water partition coefficient (Wildman–Crippen LogP) is 4.73. The summed E-state index contributed by atoms with van der Waals surface area (Å²) < 4.78 is 2.41. The molecule has 1 aliphatic carbocycles. The Kier molecular flexibility index (Phi) is 3.12. The second kappa shape index (κ2) is 4.93. The fraction of sp³-hybridized carbons (Fsp3) is 0.222. The van der Waals surface area contributed by atoms with Gasteiger partial charge in [0.05, 0.1) is 0 Å². The SMILES string of the molecule is CC(C)=C/C=C\Cn1c2c(c3ccccc31)CC=C2. The summed E-state index contributed by atoms with van der Waals surface area (Å²) in [7, 11) is 0. The van der Waals surface area contributed by atoms with E-state index in [0.29, 0.717) is 0 Å². The van der Waals surface area contributed by atoms with Gasteiger partial charge in [0, 0.05) is 23.1 Å². The molecule has 0 radical (unpaired) electrons. The van der Waals surface area contributed by atoms with Crippen LogP contribution in [-0.4, -0.2) is 4.57 Å². The molecule has 0 saturated carbocycles. The van der Waals surface area contributed by atoms with E-state index in [1.165, 1.54) is 27.7 Å². The van der Waals surface area contributed by atoms with Gasteiger partial charge < -0.3 is 4.57 Å². The maximum absolute atomic E-state index is 2.41. The Balaban J connectivity index is 2.01. The van der Waals surface area contributed by atoms with Crippen molar-refractivity contribution in [1.82, 2.24) is 4.57 Å². The maximum atomic E-state index is 2.41. The van der Waals surface area contributed by atoms with Gasteiger partial charge in [-0.3, -0.25) is 0 Å². The lowest BCUT2D eigenvalue weighted by molar-refractivity contribution is 0.851. The highest BCUT2D eigenvalue weighted by molar-refractivity contribution is 5.90. The van der Waals surface area contributed by atoms with Crippen LogP contribution in [0, 0.1) is 0 Å². The van der Waals surface area contributed by atoms with Crippen molar-refractivity contribution in [1.29, 1.82) is 0 Å². The van der Waals surface area contributed by atoms with E-state index >= 15 is 0 Å². The van der Waals surface area contributed by atoms with Crippen LogP contribution in [0.1, 0.15) is 25.1 Å². The zero-order valence-corrected chi connectivity index (χ0v) is 11.6. The van der Waals surface area contributed by atoms with Gasteiger partial charge in [-0.1, -0.05) is 48.1 Å². The minimum Gasteiger partial charge on any atom is -0.337 e. The van der Waals surface area contributed by atoms with Crippen LogP contribution in [0.5, 0.6) is 0 Å². The van der Waals surface area contributed by atoms with Crippen LogP contribution >= 0.6 is 0 Å². The molecule has 1 heteroatoms. The van der Waals surface area contributed by atoms with Gasteiger partial charge in [-0.25, -0.2) is 0 Å². The van der Waals surface area contributed by atoms with E-state index in [-0.39, 0.29) is 0 Å². The second-order valence-electron chi connectivity index (χ2n) is 5.27. The average Bonchev–Trinajstić information content (AvgIpc) is 2.96. The molecule has 0 N–H and O–H groups in total. The fourth-order valence-corrected chi connectivity index (χ4v) is 2.71. The number of hydrogen-bond donors (Lipinski definition) is 0. The highest BCUT2D eigenvalue weighted by Crippen LogP contribution is 2.31. The quantitative estimate of drug-likeness (QED) is 0.693. The Labute approximate surface area is 114 Å². The molecule has 1 heterocycles. The van der Waals surface area contributed by atoms with Crippen molar-refractivity contribution in [3.63, 3.8) is 0 Å². The Morgan fingerprint density at radius 1 is 1.26 bits per heavy atom. The molecule has 1 aromatic carbocycles. The van der Waals surface area contributed by atoms with E-state index in [2.05, 4.69) is 73.1 Å². The lowest BCUT2D eigenvalue weighted by atomic mass is 10.1. The van der Waals surface area contributed by atoms with Crippen LogP contribution in [0.3, 0.4) is 0 Å². The number of rotatable bonds is 3. The van der Waals surface area contributed by atoms with Crippen LogP contribution < -0.4 is 0 Å². The van der Waals surface area contributed by atoms with Gasteiger partial charge in [0.15, 0.2) is 0 Å². The van der Waals surface area contributed by atoms with Crippen molar-refractivity contribution in [3.8, 4) is 0 Å². The molecule has 0 amide bonds. The molecule has 0 unspecified atom stereocenters. The van der Waals surface area contributed by atoms with Crippen LogP contribution in [-0.2, 0) is 13.0 Å². The molecule has 0 atom stereocenters. The number of para-hydroxylation sites is 1. The number of hydrogen-bond acceptors (Lipinski definition) is 0. The minimum absolute atomic E-state index is 0.934. The Bertz CT molecular complexity index is 692. The molecule has 0 bridgehead atoms. The highest BCUT2D eigenvalue weighted by atomic mass is 15.0. The van der Waals surface area contributed by atoms with Crippen LogP contribution in [0.15, 0.2) is 54.1 Å². The molecule has 1 aliphatic rings. The van der Waals surface area contributed by atoms with Crippen molar-refractivity contribution in [2.24, 2.45) is 0 Å². The molecule has 0 aliphatic heterocycles. The van der Waals surface area contributed by atoms with Crippen molar-refractivity contribution < 1.29 is 0 Å². The van der Waals surface area contributed by atoms with Gasteiger partial charge >= 0.3 is 0 Å². The summed E-state index contributed by atoms with van der Waals surface area (Å²) in [5.74, 6) is 0. The predicted molar refractivity (Wildman–Crippen MR) is 83.2 cm³/mol. The molecule has 1 nitrogen and oxygen atoms in total. The highest BCUT2D eigenvalue weighted by Gasteiger charge is 2.16. The topological polar surface area (TPSA) is 4.93 Å². The second-order valence-corrected chi connectivity index (χ2v) is 5.27. The summed E-state index contributed by atoms with van der Waals surface area (Å²) in [6, 6.07) is 8.70. The zero-order chi connectivity index (χ0) is 13.2. The van der Waals surface area contributed by atoms with Gasteiger partial charge in [0.25, 0.3) is 0 Å². The van der Waals surface area contributed by atoms with Crippen molar-refractivity contribution >= 4 is 17.0 Å². The number of benzene rings is 1. The van der Waals surface area contributed by atoms with Crippen LogP contribution in [0.4, 0.5) is 0 Å². The van der Waals surface area contributed by atoms with Gasteiger partial charge in [0.2, 0.25) is 0 Å². The minimum atomic E-state index is 0.934. The first kappa shape index (κ1) is 12.0. The van der Waals surface area contributed by atoms with E-state index in [0.717, 1.165) is 13.0 Å². The van der Waals surface area contributed by atoms with Crippen molar-refractivity contribution in [3.05, 3.63) is 65.4 Å². The van der Waals surface area contributed by atoms with Crippen LogP contribution in [0.25, 0.3) is 17.0 Å². The molecule has 0 saturated heterocycles. The number of nitrogens with zero attached hydrogens (tertiary/aromatic N) is 1. The lowest BCUT2D eigenvalue weighted by Crippen LogP contribution is -1.97. The maximum Gasteiger partial charge on any atom is 0.0491 e. The molecular weight excluding hydrogens is 230 g/mol. The van der Waals surface area contributed by atoms with E-state index < -0.39 is 0 Å². The molecule has 0 spiro atoms. The third-order valence-corrected chi connectivity index (χ3v) is 3.57. The largest absolute Gasteiger partial charge is 0.337 e. The van der Waals surface area contributed by atoms with E-state index in [4.69, 9.17) is 0 Å². The summed E-state index contributed by atoms with van der Waals surface area (Å²) >= 11 is 0. The summed E-state index contributed by atoms with van der Waals surface area (Å²) in [6.45, 7) is 5.18. The first-order valence-electron chi connectivity index (χ1n) is 6.84. The summed E-state index contributed by atoms with van der Waals surface area (Å²) in [5.41, 5.74) is 5.53. The number of allylic oxidation sites excluding steroid dienone is 5. The average molecular weight is 249 g/mol. The third kappa shape index (κ3) is 2.17. The van der Waals surface area contributed by atoms with Crippen LogP contribution in [0.2, 0.25) is 0 Å². The fourth-order valence-electron chi connectivity index (χ4n) is 2.71. The van der Waals surface area contributed by atoms with Crippen molar-refractivity contribution in [2.45, 2.75) is 26.8 Å². The molecule has 19 heavy (non-hydrogen) atoms. The molecule has 0 fully saturated rings. The third-order valence-electron chi connectivity index (χ3n) is 3.57. The first-order chi connectivity index (χ1) is 9.27. The van der Waals surface area contributed by atoms with E-state index in [9.17, 15) is 0 Å². The Hall–Kier alpha value is -2.02. The summed E-state index contributed by atoms with van der Waals surface area (Å²) in [6.07, 6.45) is 12.1. The zero-order valence-electron chi connectivity index (χ0n) is 11.6. The standard InChI is InChI=1S/C18H19N/c1-14(2)8-5-6-13-19-17-11-4-3-9-15(17)16-10-7-12-18(16)19/h3-9,11-12H,10,13H2,1-2H3/b6-5-. The van der Waals surface area contributed by atoms with Gasteiger partial charge in [-0.05, 0) is 38.0 Å². The summed E-state index contributed by atoms with van der Waals surface area (Å²) in [4.78, 5) is 0. The van der Waals surface area contributed by atoms with Gasteiger partial charge in [-0.15, -0.1) is 0 Å². The van der Waals surface area contributed by atoms with Gasteiger partial charge in [-0.2, -0.15) is 0 Å². The Morgan fingerprint density at radius 3 is 2.95 bits per heavy atom. The number of fused-ring (bicyclic) bond motifs is 3. The van der Waals surface area contributed by atoms with E-state index in [1.54, 1.807) is 0 Å². The van der Waals surface area contributed by atoms with E-state index in [1.807, 2.05) is 0 Å². The number of aromatic nitrogens is 1. The molecule has 96 valence electrons. The Morgan fingerprint density at radius 2 is 2.11 bits per heavy atom. The van der Waals surface area contributed by atoms with Gasteiger partial charge in [0.1, 0.15) is 0 Å². The van der Waals surface area contributed by atoms with Crippen molar-refractivity contribution in [2.75, 3.05) is 0 Å². The molecule has 3 rings (SSSR count). The smallest absolute Gasteiger partial charge is 0.0491 e. The monoisotopic (exact) mass is 249 g/mol. The first-order valence-corrected chi connectivity index (χ1v) is 6.84. The molecule has 2 aromatic rings. The lowest BCUT2D eigenvalue weighted by Gasteiger charge is -2.04. The normalized spacial score (nSPS) is 13.4. The molecule has 1 aromatic heterocycles.